The van der Waals surface area contributed by atoms with Gasteiger partial charge in [0, 0.05) is 12.4 Å². The number of carbonyl (C=O) groups excluding carboxylic acids is 1. The highest BCUT2D eigenvalue weighted by molar-refractivity contribution is 5.98. The van der Waals surface area contributed by atoms with Crippen LogP contribution in [0.2, 0.25) is 0 Å². The summed E-state index contributed by atoms with van der Waals surface area (Å²) in [6, 6.07) is 6.77. The summed E-state index contributed by atoms with van der Waals surface area (Å²) in [7, 11) is 0. The molecule has 7 nitrogen and oxygen atoms in total. The zero-order valence-corrected chi connectivity index (χ0v) is 9.25. The summed E-state index contributed by atoms with van der Waals surface area (Å²) in [4.78, 5) is 25.6. The molecule has 0 atom stereocenters. The first-order valence-corrected chi connectivity index (χ1v) is 4.91. The first-order valence-electron chi connectivity index (χ1n) is 4.91. The zero-order chi connectivity index (χ0) is 13.4. The van der Waals surface area contributed by atoms with E-state index in [1.165, 1.54) is 6.20 Å². The topological polar surface area (TPSA) is 115 Å². The fraction of sp³-hybridized carbons (Fsp3) is 0.0909. The first kappa shape index (κ1) is 13.2. The molecule has 0 saturated carbocycles. The van der Waals surface area contributed by atoms with Crippen molar-refractivity contribution in [1.29, 1.82) is 5.26 Å². The van der Waals surface area contributed by atoms with Gasteiger partial charge in [-0.2, -0.15) is 5.26 Å². The molecule has 0 bridgehead atoms. The number of carboxylic acid groups (broad SMARTS) is 1. The number of nitrogens with one attached hydrogen (secondary N) is 2. The Hall–Kier alpha value is -2.88. The van der Waals surface area contributed by atoms with Crippen LogP contribution in [-0.2, 0) is 9.59 Å². The van der Waals surface area contributed by atoms with Crippen molar-refractivity contribution in [3.05, 3.63) is 36.2 Å². The number of carboxylic acids is 1. The number of pyridine rings is 1. The number of amides is 1. The number of carbonyl (C=O) groups is 2. The van der Waals surface area contributed by atoms with Crippen LogP contribution in [0.25, 0.3) is 0 Å². The van der Waals surface area contributed by atoms with Crippen molar-refractivity contribution < 1.29 is 14.7 Å². The Morgan fingerprint density at radius 1 is 1.50 bits per heavy atom. The fourth-order valence-electron chi connectivity index (χ4n) is 0.994. The highest BCUT2D eigenvalue weighted by Gasteiger charge is 2.09. The SMILES string of the molecule is N#C/C(=C/Nc1ccccn1)C(=O)NCC(=O)O. The molecule has 1 aromatic rings. The van der Waals surface area contributed by atoms with Gasteiger partial charge in [0.05, 0.1) is 0 Å². The predicted molar refractivity (Wildman–Crippen MR) is 62.2 cm³/mol. The van der Waals surface area contributed by atoms with Gasteiger partial charge in [-0.1, -0.05) is 6.07 Å². The van der Waals surface area contributed by atoms with Gasteiger partial charge in [-0.3, -0.25) is 9.59 Å². The second-order valence-corrected chi connectivity index (χ2v) is 3.11. The molecular formula is C11H10N4O3. The number of aliphatic carboxylic acids is 1. The highest BCUT2D eigenvalue weighted by Crippen LogP contribution is 2.01. The maximum absolute atomic E-state index is 11.4. The first-order chi connectivity index (χ1) is 8.63. The van der Waals surface area contributed by atoms with Crippen LogP contribution in [0, 0.1) is 11.3 Å². The molecule has 0 aliphatic heterocycles. The van der Waals surface area contributed by atoms with Crippen LogP contribution in [0.4, 0.5) is 5.82 Å². The summed E-state index contributed by atoms with van der Waals surface area (Å²) in [5.41, 5.74) is -0.234. The second-order valence-electron chi connectivity index (χ2n) is 3.11. The van der Waals surface area contributed by atoms with Crippen molar-refractivity contribution in [2.75, 3.05) is 11.9 Å². The zero-order valence-electron chi connectivity index (χ0n) is 9.25. The summed E-state index contributed by atoms with van der Waals surface area (Å²) < 4.78 is 0. The monoisotopic (exact) mass is 246 g/mol. The fourth-order valence-corrected chi connectivity index (χ4v) is 0.994. The molecule has 0 saturated heterocycles. The van der Waals surface area contributed by atoms with Crippen molar-refractivity contribution >= 4 is 17.7 Å². The van der Waals surface area contributed by atoms with E-state index in [9.17, 15) is 9.59 Å². The van der Waals surface area contributed by atoms with Crippen molar-refractivity contribution in [1.82, 2.24) is 10.3 Å². The molecule has 0 radical (unpaired) electrons. The lowest BCUT2D eigenvalue weighted by atomic mass is 10.3. The molecule has 1 rings (SSSR count). The number of hydrogen-bond donors (Lipinski definition) is 3. The lowest BCUT2D eigenvalue weighted by Gasteiger charge is -2.02. The van der Waals surface area contributed by atoms with Crippen LogP contribution < -0.4 is 10.6 Å². The quantitative estimate of drug-likeness (QED) is 0.501. The van der Waals surface area contributed by atoms with Crippen LogP contribution >= 0.6 is 0 Å². The van der Waals surface area contributed by atoms with Crippen molar-refractivity contribution in [3.8, 4) is 6.07 Å². The third-order valence-electron chi connectivity index (χ3n) is 1.79. The molecule has 0 unspecified atom stereocenters. The van der Waals surface area contributed by atoms with Crippen LogP contribution in [-0.4, -0.2) is 28.5 Å². The summed E-state index contributed by atoms with van der Waals surface area (Å²) in [5.74, 6) is -1.47. The summed E-state index contributed by atoms with van der Waals surface area (Å²) in [6.07, 6.45) is 2.71. The molecule has 92 valence electrons. The maximum atomic E-state index is 11.4. The predicted octanol–water partition coefficient (Wildman–Crippen LogP) is 0.102. The number of nitrogens with zero attached hydrogens (tertiary/aromatic N) is 2. The molecule has 1 amide bonds. The maximum Gasteiger partial charge on any atom is 0.322 e. The van der Waals surface area contributed by atoms with Gasteiger partial charge in [0.25, 0.3) is 5.91 Å². The van der Waals surface area contributed by atoms with Crippen molar-refractivity contribution in [2.45, 2.75) is 0 Å². The van der Waals surface area contributed by atoms with Gasteiger partial charge in [0.2, 0.25) is 0 Å². The second kappa shape index (κ2) is 6.65. The molecule has 0 aliphatic carbocycles. The largest absolute Gasteiger partial charge is 0.480 e. The Morgan fingerprint density at radius 2 is 2.28 bits per heavy atom. The number of anilines is 1. The van der Waals surface area contributed by atoms with E-state index in [0.29, 0.717) is 5.82 Å². The van der Waals surface area contributed by atoms with Gasteiger partial charge in [0.15, 0.2) is 0 Å². The Balaban J connectivity index is 2.63. The molecule has 0 aromatic carbocycles. The molecule has 1 heterocycles. The molecule has 0 fully saturated rings. The van der Waals surface area contributed by atoms with Crippen molar-refractivity contribution in [3.63, 3.8) is 0 Å². The van der Waals surface area contributed by atoms with Crippen LogP contribution in [0.5, 0.6) is 0 Å². The standard InChI is InChI=1S/C11H10N4O3/c12-5-8(11(18)15-7-10(16)17)6-14-9-3-1-2-4-13-9/h1-4,6H,7H2,(H,13,14)(H,15,18)(H,16,17)/b8-6-. The summed E-state index contributed by atoms with van der Waals surface area (Å²) >= 11 is 0. The lowest BCUT2D eigenvalue weighted by Crippen LogP contribution is -2.30. The number of rotatable bonds is 5. The number of nitriles is 1. The Labute approximate surface area is 103 Å². The van der Waals surface area contributed by atoms with Gasteiger partial charge in [-0.15, -0.1) is 0 Å². The lowest BCUT2D eigenvalue weighted by molar-refractivity contribution is -0.137. The minimum atomic E-state index is -1.18. The number of hydrogen-bond acceptors (Lipinski definition) is 5. The molecule has 18 heavy (non-hydrogen) atoms. The smallest absolute Gasteiger partial charge is 0.322 e. The van der Waals surface area contributed by atoms with E-state index in [1.54, 1.807) is 30.5 Å². The molecule has 7 heteroatoms. The molecular weight excluding hydrogens is 236 g/mol. The minimum Gasteiger partial charge on any atom is -0.480 e. The third-order valence-corrected chi connectivity index (χ3v) is 1.79. The van der Waals surface area contributed by atoms with E-state index in [-0.39, 0.29) is 5.57 Å². The van der Waals surface area contributed by atoms with E-state index in [0.717, 1.165) is 0 Å². The third kappa shape index (κ3) is 4.32. The van der Waals surface area contributed by atoms with Crippen LogP contribution in [0.15, 0.2) is 36.2 Å². The van der Waals surface area contributed by atoms with Gasteiger partial charge < -0.3 is 15.7 Å². The van der Waals surface area contributed by atoms with E-state index in [2.05, 4.69) is 15.6 Å². The van der Waals surface area contributed by atoms with Crippen LogP contribution in [0.3, 0.4) is 0 Å². The van der Waals surface area contributed by atoms with Crippen LogP contribution in [0.1, 0.15) is 0 Å². The Morgan fingerprint density at radius 3 is 2.83 bits per heavy atom. The molecule has 1 aromatic heterocycles. The van der Waals surface area contributed by atoms with E-state index in [4.69, 9.17) is 10.4 Å². The van der Waals surface area contributed by atoms with Gasteiger partial charge >= 0.3 is 5.97 Å². The molecule has 3 N–H and O–H groups in total. The normalized spacial score (nSPS) is 10.3. The van der Waals surface area contributed by atoms with Crippen molar-refractivity contribution in [2.24, 2.45) is 0 Å². The average molecular weight is 246 g/mol. The number of aromatic nitrogens is 1. The van der Waals surface area contributed by atoms with E-state index < -0.39 is 18.4 Å². The van der Waals surface area contributed by atoms with E-state index >= 15 is 0 Å². The summed E-state index contributed by atoms with van der Waals surface area (Å²) in [6.45, 7) is -0.540. The Kier molecular flexibility index (Phi) is 4.87. The molecule has 0 aliphatic rings. The molecule has 0 spiro atoms. The van der Waals surface area contributed by atoms with E-state index in [1.807, 2.05) is 0 Å². The summed E-state index contributed by atoms with van der Waals surface area (Å²) in [5, 5.41) is 21.9. The van der Waals surface area contributed by atoms with Gasteiger partial charge in [-0.05, 0) is 12.1 Å². The average Bonchev–Trinajstić information content (AvgIpc) is 2.38. The minimum absolute atomic E-state index is 0.234. The highest BCUT2D eigenvalue weighted by atomic mass is 16.4. The van der Waals surface area contributed by atoms with Gasteiger partial charge in [-0.25, -0.2) is 4.98 Å². The Bertz CT molecular complexity index is 505. The van der Waals surface area contributed by atoms with Gasteiger partial charge in [0.1, 0.15) is 24.0 Å².